The van der Waals surface area contributed by atoms with Gasteiger partial charge in [0.1, 0.15) is 5.75 Å². The SMILES string of the molecule is C[C@](N)(CCc1ccc(Sc2cc(C3CC3)ccc2O)cc1Cl)COP(=O)(O)O. The Bertz CT molecular complexity index is 929. The van der Waals surface area contributed by atoms with Crippen molar-refractivity contribution in [2.24, 2.45) is 5.73 Å². The maximum atomic E-state index is 10.9. The Morgan fingerprint density at radius 3 is 2.62 bits per heavy atom. The van der Waals surface area contributed by atoms with Gasteiger partial charge in [-0.2, -0.15) is 0 Å². The van der Waals surface area contributed by atoms with E-state index in [1.165, 1.54) is 30.2 Å². The van der Waals surface area contributed by atoms with E-state index in [4.69, 9.17) is 27.1 Å². The fourth-order valence-corrected chi connectivity index (χ4v) is 4.67. The smallest absolute Gasteiger partial charge is 0.469 e. The summed E-state index contributed by atoms with van der Waals surface area (Å²) in [5, 5.41) is 10.8. The Morgan fingerprint density at radius 2 is 2.00 bits per heavy atom. The fraction of sp³-hybridized carbons (Fsp3) is 0.400. The van der Waals surface area contributed by atoms with Gasteiger partial charge in [0.05, 0.1) is 11.5 Å². The molecular weight excluding hydrogens is 433 g/mol. The third-order valence-electron chi connectivity index (χ3n) is 4.81. The van der Waals surface area contributed by atoms with Crippen LogP contribution >= 0.6 is 31.2 Å². The number of aryl methyl sites for hydroxylation is 1. The lowest BCUT2D eigenvalue weighted by molar-refractivity contribution is 0.154. The van der Waals surface area contributed by atoms with Gasteiger partial charge in [-0.25, -0.2) is 4.57 Å². The highest BCUT2D eigenvalue weighted by atomic mass is 35.5. The highest BCUT2D eigenvalue weighted by Crippen LogP contribution is 2.44. The molecule has 2 aromatic rings. The molecule has 0 aliphatic heterocycles. The predicted octanol–water partition coefficient (Wildman–Crippen LogP) is 4.83. The first-order valence-electron chi connectivity index (χ1n) is 9.31. The molecule has 0 aromatic heterocycles. The van der Waals surface area contributed by atoms with E-state index in [1.54, 1.807) is 13.0 Å². The molecule has 1 atom stereocenters. The van der Waals surface area contributed by atoms with E-state index >= 15 is 0 Å². The normalized spacial score (nSPS) is 16.6. The number of halogens is 1. The third-order valence-corrected chi connectivity index (χ3v) is 6.67. The van der Waals surface area contributed by atoms with Crippen LogP contribution in [0.3, 0.4) is 0 Å². The van der Waals surface area contributed by atoms with Crippen LogP contribution in [-0.4, -0.2) is 27.0 Å². The highest BCUT2D eigenvalue weighted by Gasteiger charge is 2.25. The minimum Gasteiger partial charge on any atom is -0.507 e. The Kier molecular flexibility index (Phi) is 7.01. The van der Waals surface area contributed by atoms with Crippen molar-refractivity contribution < 1.29 is 24.0 Å². The molecule has 0 radical (unpaired) electrons. The van der Waals surface area contributed by atoms with Gasteiger partial charge in [0.2, 0.25) is 0 Å². The first kappa shape index (κ1) is 22.6. The van der Waals surface area contributed by atoms with E-state index in [0.29, 0.717) is 23.8 Å². The summed E-state index contributed by atoms with van der Waals surface area (Å²) in [7, 11) is -4.55. The highest BCUT2D eigenvalue weighted by molar-refractivity contribution is 7.99. The van der Waals surface area contributed by atoms with Gasteiger partial charge in [0, 0.05) is 15.5 Å². The van der Waals surface area contributed by atoms with E-state index in [-0.39, 0.29) is 12.4 Å². The van der Waals surface area contributed by atoms with Gasteiger partial charge in [0.25, 0.3) is 0 Å². The minimum absolute atomic E-state index is 0.251. The van der Waals surface area contributed by atoms with Crippen LogP contribution in [0, 0.1) is 0 Å². The molecule has 0 unspecified atom stereocenters. The summed E-state index contributed by atoms with van der Waals surface area (Å²) in [4.78, 5) is 19.4. The van der Waals surface area contributed by atoms with Crippen molar-refractivity contribution in [2.45, 2.75) is 53.9 Å². The van der Waals surface area contributed by atoms with Crippen molar-refractivity contribution >= 4 is 31.2 Å². The van der Waals surface area contributed by atoms with E-state index in [9.17, 15) is 9.67 Å². The summed E-state index contributed by atoms with van der Waals surface area (Å²) in [6, 6.07) is 11.5. The number of aromatic hydroxyl groups is 1. The van der Waals surface area contributed by atoms with Crippen LogP contribution in [-0.2, 0) is 15.5 Å². The summed E-state index contributed by atoms with van der Waals surface area (Å²) < 4.78 is 15.4. The number of hydrogen-bond donors (Lipinski definition) is 4. The second kappa shape index (κ2) is 8.98. The van der Waals surface area contributed by atoms with Crippen molar-refractivity contribution in [3.05, 3.63) is 52.5 Å². The van der Waals surface area contributed by atoms with Crippen molar-refractivity contribution in [2.75, 3.05) is 6.61 Å². The quantitative estimate of drug-likeness (QED) is 0.399. The van der Waals surface area contributed by atoms with E-state index < -0.39 is 13.4 Å². The zero-order valence-electron chi connectivity index (χ0n) is 16.0. The summed E-state index contributed by atoms with van der Waals surface area (Å²) in [6.07, 6.45) is 3.40. The maximum Gasteiger partial charge on any atom is 0.469 e. The number of phosphoric acid groups is 1. The first-order valence-corrected chi connectivity index (χ1v) is 12.0. The molecular formula is C20H25ClNO5PS. The topological polar surface area (TPSA) is 113 Å². The molecule has 0 saturated heterocycles. The zero-order valence-corrected chi connectivity index (χ0v) is 18.5. The number of nitrogens with two attached hydrogens (primary N) is 1. The number of hydrogen-bond acceptors (Lipinski definition) is 5. The monoisotopic (exact) mass is 457 g/mol. The molecule has 1 aliphatic carbocycles. The van der Waals surface area contributed by atoms with Gasteiger partial charge in [-0.15, -0.1) is 0 Å². The molecule has 6 nitrogen and oxygen atoms in total. The van der Waals surface area contributed by atoms with Gasteiger partial charge in [-0.3, -0.25) is 4.52 Å². The molecule has 2 aromatic carbocycles. The molecule has 29 heavy (non-hydrogen) atoms. The van der Waals surface area contributed by atoms with Crippen LogP contribution in [0.4, 0.5) is 0 Å². The number of phenolic OH excluding ortho intramolecular Hbond substituents is 1. The van der Waals surface area contributed by atoms with Crippen LogP contribution in [0.15, 0.2) is 46.2 Å². The number of benzene rings is 2. The van der Waals surface area contributed by atoms with Crippen molar-refractivity contribution in [3.63, 3.8) is 0 Å². The van der Waals surface area contributed by atoms with Crippen molar-refractivity contribution in [1.82, 2.24) is 0 Å². The van der Waals surface area contributed by atoms with Gasteiger partial charge in [0.15, 0.2) is 0 Å². The number of phenols is 1. The number of rotatable bonds is 9. The average molecular weight is 458 g/mol. The van der Waals surface area contributed by atoms with E-state index in [2.05, 4.69) is 4.52 Å². The lowest BCUT2D eigenvalue weighted by Crippen LogP contribution is -2.41. The molecule has 0 amide bonds. The maximum absolute atomic E-state index is 10.9. The average Bonchev–Trinajstić information content (AvgIpc) is 3.46. The molecule has 9 heteroatoms. The largest absolute Gasteiger partial charge is 0.507 e. The van der Waals surface area contributed by atoms with Crippen LogP contribution < -0.4 is 5.73 Å². The zero-order chi connectivity index (χ0) is 21.2. The summed E-state index contributed by atoms with van der Waals surface area (Å²) >= 11 is 7.90. The van der Waals surface area contributed by atoms with E-state index in [0.717, 1.165) is 15.4 Å². The van der Waals surface area contributed by atoms with Crippen LogP contribution in [0.25, 0.3) is 0 Å². The Labute approximate surface area is 179 Å². The summed E-state index contributed by atoms with van der Waals surface area (Å²) in [5.74, 6) is 0.865. The van der Waals surface area contributed by atoms with Gasteiger partial charge in [-0.05, 0) is 73.9 Å². The van der Waals surface area contributed by atoms with E-state index in [1.807, 2.05) is 30.3 Å². The molecule has 1 fully saturated rings. The Morgan fingerprint density at radius 1 is 1.28 bits per heavy atom. The molecule has 5 N–H and O–H groups in total. The summed E-state index contributed by atoms with van der Waals surface area (Å²) in [5.41, 5.74) is 7.32. The molecule has 1 aliphatic rings. The molecule has 0 spiro atoms. The predicted molar refractivity (Wildman–Crippen MR) is 115 cm³/mol. The van der Waals surface area contributed by atoms with Crippen LogP contribution in [0.2, 0.25) is 5.02 Å². The standard InChI is InChI=1S/C20H25ClNO5PS/c1-20(22,12-27-28(24,25)26)9-8-14-4-6-16(11-17(14)21)29-19-10-15(13-2-3-13)5-7-18(19)23/h4-7,10-11,13,23H,2-3,8-9,12,22H2,1H3,(H2,24,25,26)/t20-/m0/s1. The Balaban J connectivity index is 1.63. The fourth-order valence-electron chi connectivity index (χ4n) is 2.93. The number of phosphoric ester groups is 1. The molecule has 3 rings (SSSR count). The van der Waals surface area contributed by atoms with Crippen LogP contribution in [0.1, 0.15) is 43.2 Å². The molecule has 158 valence electrons. The van der Waals surface area contributed by atoms with Crippen LogP contribution in [0.5, 0.6) is 5.75 Å². The summed E-state index contributed by atoms with van der Waals surface area (Å²) in [6.45, 7) is 1.43. The van der Waals surface area contributed by atoms with Crippen molar-refractivity contribution in [3.8, 4) is 5.75 Å². The van der Waals surface area contributed by atoms with Gasteiger partial charge >= 0.3 is 7.82 Å². The lowest BCUT2D eigenvalue weighted by atomic mass is 9.95. The molecule has 1 saturated carbocycles. The van der Waals surface area contributed by atoms with Crippen molar-refractivity contribution in [1.29, 1.82) is 0 Å². The lowest BCUT2D eigenvalue weighted by Gasteiger charge is -2.24. The van der Waals surface area contributed by atoms with Gasteiger partial charge < -0.3 is 20.6 Å². The van der Waals surface area contributed by atoms with Gasteiger partial charge in [-0.1, -0.05) is 35.5 Å². The minimum atomic E-state index is -4.55. The third kappa shape index (κ3) is 7.00. The molecule has 0 bridgehead atoms. The molecule has 0 heterocycles. The second-order valence-electron chi connectivity index (χ2n) is 7.77. The first-order chi connectivity index (χ1) is 13.5. The Hall–Kier alpha value is -1.05. The second-order valence-corrected chi connectivity index (χ2v) is 10.5.